The van der Waals surface area contributed by atoms with E-state index in [0.717, 1.165) is 6.08 Å². The van der Waals surface area contributed by atoms with Crippen LogP contribution in [0.25, 0.3) is 0 Å². The van der Waals surface area contributed by atoms with E-state index in [0.29, 0.717) is 0 Å². The highest BCUT2D eigenvalue weighted by Gasteiger charge is 2.38. The van der Waals surface area contributed by atoms with E-state index in [1.807, 2.05) is 0 Å². The van der Waals surface area contributed by atoms with Crippen LogP contribution in [-0.4, -0.2) is 30.6 Å². The topological polar surface area (TPSA) is 61.8 Å². The highest BCUT2D eigenvalue weighted by molar-refractivity contribution is 6.19. The van der Waals surface area contributed by atoms with Gasteiger partial charge in [-0.2, -0.15) is 0 Å². The lowest BCUT2D eigenvalue weighted by atomic mass is 9.95. The van der Waals surface area contributed by atoms with Gasteiger partial charge in [0.15, 0.2) is 5.76 Å². The Bertz CT molecular complexity index is 517. The second kappa shape index (κ2) is 6.92. The van der Waals surface area contributed by atoms with Crippen molar-refractivity contribution in [1.29, 1.82) is 0 Å². The Hall–Kier alpha value is -2.30. The molecule has 0 aromatic heterocycles. The molecule has 0 saturated heterocycles. The molecule has 21 heavy (non-hydrogen) atoms. The molecule has 0 fully saturated rings. The Morgan fingerprint density at radius 2 is 1.62 bits per heavy atom. The molecule has 0 aliphatic heterocycles. The van der Waals surface area contributed by atoms with Crippen LogP contribution in [0, 0.1) is 0 Å². The van der Waals surface area contributed by atoms with Crippen LogP contribution in [-0.2, 0) is 23.8 Å². The molecule has 0 saturated carbocycles. The maximum absolute atomic E-state index is 11.9. The van der Waals surface area contributed by atoms with Crippen molar-refractivity contribution in [2.45, 2.75) is 26.4 Å². The van der Waals surface area contributed by atoms with Crippen LogP contribution in [0.4, 0.5) is 0 Å². The van der Waals surface area contributed by atoms with Gasteiger partial charge in [0.1, 0.15) is 18.8 Å². The van der Waals surface area contributed by atoms with Gasteiger partial charge in [-0.15, -0.1) is 0 Å². The summed E-state index contributed by atoms with van der Waals surface area (Å²) in [4.78, 5) is 23.7. The zero-order valence-corrected chi connectivity index (χ0v) is 12.6. The average Bonchev–Trinajstić information content (AvgIpc) is 2.38. The molecule has 0 amide bonds. The molecule has 114 valence electrons. The van der Waals surface area contributed by atoms with Crippen molar-refractivity contribution in [2.75, 3.05) is 13.2 Å². The van der Waals surface area contributed by atoms with Crippen molar-refractivity contribution in [2.24, 2.45) is 0 Å². The van der Waals surface area contributed by atoms with Gasteiger partial charge in [0, 0.05) is 6.08 Å². The summed E-state index contributed by atoms with van der Waals surface area (Å²) in [6, 6.07) is 0. The highest BCUT2D eigenvalue weighted by atomic mass is 16.6. The number of rotatable bonds is 7. The molecule has 5 nitrogen and oxygen atoms in total. The number of esters is 1. The van der Waals surface area contributed by atoms with Crippen molar-refractivity contribution in [3.63, 3.8) is 0 Å². The zero-order valence-electron chi connectivity index (χ0n) is 12.6. The summed E-state index contributed by atoms with van der Waals surface area (Å²) >= 11 is 0. The van der Waals surface area contributed by atoms with E-state index in [1.54, 1.807) is 20.8 Å². The van der Waals surface area contributed by atoms with Gasteiger partial charge in [0.2, 0.25) is 11.5 Å². The second-order valence-corrected chi connectivity index (χ2v) is 5.28. The lowest BCUT2D eigenvalue weighted by Crippen LogP contribution is -2.29. The summed E-state index contributed by atoms with van der Waals surface area (Å²) in [5, 5.41) is 0. The van der Waals surface area contributed by atoms with Gasteiger partial charge in [-0.05, 0) is 20.8 Å². The molecule has 1 rings (SSSR count). The first-order valence-corrected chi connectivity index (χ1v) is 6.51. The normalized spacial score (nSPS) is 16.3. The number of ether oxygens (including phenoxy) is 3. The molecule has 0 bridgehead atoms. The minimum Gasteiger partial charge on any atom is -0.485 e. The smallest absolute Gasteiger partial charge is 0.332 e. The third-order valence-electron chi connectivity index (χ3n) is 2.26. The largest absolute Gasteiger partial charge is 0.485 e. The van der Waals surface area contributed by atoms with Crippen molar-refractivity contribution in [3.8, 4) is 0 Å². The van der Waals surface area contributed by atoms with Gasteiger partial charge < -0.3 is 14.2 Å². The van der Waals surface area contributed by atoms with E-state index in [4.69, 9.17) is 14.2 Å². The van der Waals surface area contributed by atoms with Gasteiger partial charge in [-0.3, -0.25) is 4.79 Å². The van der Waals surface area contributed by atoms with E-state index >= 15 is 0 Å². The van der Waals surface area contributed by atoms with Gasteiger partial charge >= 0.3 is 5.97 Å². The maximum Gasteiger partial charge on any atom is 0.332 e. The maximum atomic E-state index is 11.9. The Labute approximate surface area is 124 Å². The first-order valence-electron chi connectivity index (χ1n) is 6.51. The first-order chi connectivity index (χ1) is 9.80. The van der Waals surface area contributed by atoms with Crippen LogP contribution in [0.1, 0.15) is 20.8 Å². The molecule has 0 spiro atoms. The number of carbonyl (C=O) groups is 2. The molecule has 0 heterocycles. The summed E-state index contributed by atoms with van der Waals surface area (Å²) < 4.78 is 15.7. The predicted octanol–water partition coefficient (Wildman–Crippen LogP) is 2.45. The minimum atomic E-state index is -0.630. The summed E-state index contributed by atoms with van der Waals surface area (Å²) in [7, 11) is 0. The van der Waals surface area contributed by atoms with Crippen molar-refractivity contribution in [1.82, 2.24) is 0 Å². The molecule has 0 aromatic rings. The Balaban J connectivity index is 2.93. The van der Waals surface area contributed by atoms with E-state index in [1.165, 1.54) is 12.2 Å². The van der Waals surface area contributed by atoms with Gasteiger partial charge in [-0.1, -0.05) is 25.3 Å². The number of hydrogen-bond acceptors (Lipinski definition) is 5. The van der Waals surface area contributed by atoms with Crippen molar-refractivity contribution < 1.29 is 23.8 Å². The molecule has 1 aliphatic carbocycles. The lowest BCUT2D eigenvalue weighted by molar-refractivity contribution is -0.148. The van der Waals surface area contributed by atoms with E-state index in [-0.39, 0.29) is 36.1 Å². The van der Waals surface area contributed by atoms with E-state index in [9.17, 15) is 9.59 Å². The highest BCUT2D eigenvalue weighted by Crippen LogP contribution is 2.32. The predicted molar refractivity (Wildman–Crippen MR) is 78.3 cm³/mol. The summed E-state index contributed by atoms with van der Waals surface area (Å²) in [6.07, 6.45) is 4.17. The SMILES string of the molecule is C=CCOC1=C(OCC=C)/C(=C/C(=O)OC(C)(C)C)C1=O. The third kappa shape index (κ3) is 4.63. The summed E-state index contributed by atoms with van der Waals surface area (Å²) in [5.41, 5.74) is -0.486. The fourth-order valence-electron chi connectivity index (χ4n) is 1.53. The van der Waals surface area contributed by atoms with Crippen LogP contribution in [0.3, 0.4) is 0 Å². The number of carbonyl (C=O) groups excluding carboxylic acids is 2. The standard InChI is InChI=1S/C16H20O5/c1-6-8-19-14-11(10-12(17)21-16(3,4)5)13(18)15(14)20-9-7-2/h6-7,10H,1-2,8-9H2,3-5H3/b11-10+. The second-order valence-electron chi connectivity index (χ2n) is 5.28. The molecule has 0 unspecified atom stereocenters. The molecule has 0 aromatic carbocycles. The van der Waals surface area contributed by atoms with Gasteiger partial charge in [0.05, 0.1) is 5.57 Å². The number of Topliss-reactive ketones (excluding diaryl/α,β-unsaturated/α-hetero) is 1. The molecule has 0 atom stereocenters. The van der Waals surface area contributed by atoms with Crippen LogP contribution in [0.15, 0.2) is 48.5 Å². The quantitative estimate of drug-likeness (QED) is 0.410. The van der Waals surface area contributed by atoms with E-state index < -0.39 is 11.6 Å². The summed E-state index contributed by atoms with van der Waals surface area (Å²) in [5.74, 6) is -0.658. The molecule has 0 N–H and O–H groups in total. The number of allylic oxidation sites excluding steroid dienone is 2. The molecule has 0 radical (unpaired) electrons. The number of hydrogen-bond donors (Lipinski definition) is 0. The van der Waals surface area contributed by atoms with Crippen LogP contribution < -0.4 is 0 Å². The van der Waals surface area contributed by atoms with Crippen molar-refractivity contribution in [3.05, 3.63) is 48.5 Å². The third-order valence-corrected chi connectivity index (χ3v) is 2.26. The van der Waals surface area contributed by atoms with Crippen molar-refractivity contribution >= 4 is 11.8 Å². The molecular formula is C16H20O5. The van der Waals surface area contributed by atoms with Crippen LogP contribution >= 0.6 is 0 Å². The van der Waals surface area contributed by atoms with Gasteiger partial charge in [0.25, 0.3) is 0 Å². The first kappa shape index (κ1) is 16.8. The molecule has 1 aliphatic rings. The Morgan fingerprint density at radius 3 is 2.10 bits per heavy atom. The fourth-order valence-corrected chi connectivity index (χ4v) is 1.53. The monoisotopic (exact) mass is 292 g/mol. The summed E-state index contributed by atoms with van der Waals surface area (Å²) in [6.45, 7) is 12.7. The van der Waals surface area contributed by atoms with Crippen LogP contribution in [0.5, 0.6) is 0 Å². The fraction of sp³-hybridized carbons (Fsp3) is 0.375. The average molecular weight is 292 g/mol. The lowest BCUT2D eigenvalue weighted by Gasteiger charge is -2.25. The minimum absolute atomic E-state index is 0.0894. The van der Waals surface area contributed by atoms with Gasteiger partial charge in [-0.25, -0.2) is 4.79 Å². The zero-order chi connectivity index (χ0) is 16.0. The molecule has 5 heteroatoms. The Kier molecular flexibility index (Phi) is 5.52. The Morgan fingerprint density at radius 1 is 1.10 bits per heavy atom. The molecular weight excluding hydrogens is 272 g/mol. The number of ketones is 1. The van der Waals surface area contributed by atoms with E-state index in [2.05, 4.69) is 13.2 Å². The van der Waals surface area contributed by atoms with Crippen LogP contribution in [0.2, 0.25) is 0 Å².